The molecule has 1 rings (SSSR count). The Morgan fingerprint density at radius 1 is 1.25 bits per heavy atom. The first-order valence-electron chi connectivity index (χ1n) is 5.07. The van der Waals surface area contributed by atoms with E-state index >= 15 is 0 Å². The van der Waals surface area contributed by atoms with E-state index in [0.717, 1.165) is 4.90 Å². The summed E-state index contributed by atoms with van der Waals surface area (Å²) in [4.78, 5) is 12.2. The van der Waals surface area contributed by atoms with E-state index in [4.69, 9.17) is 9.47 Å². The molecule has 1 aromatic rings. The lowest BCUT2D eigenvalue weighted by atomic mass is 10.3. The quantitative estimate of drug-likeness (QED) is 0.716. The van der Waals surface area contributed by atoms with Crippen molar-refractivity contribution in [1.29, 1.82) is 0 Å². The molecular formula is C12H16O3S. The molecule has 0 atom stereocenters. The average molecular weight is 240 g/mol. The maximum absolute atomic E-state index is 11.2. The van der Waals surface area contributed by atoms with Gasteiger partial charge in [-0.15, -0.1) is 11.8 Å². The fraction of sp³-hybridized carbons (Fsp3) is 0.417. The lowest BCUT2D eigenvalue weighted by Crippen LogP contribution is -1.98. The summed E-state index contributed by atoms with van der Waals surface area (Å²) >= 11 is 1.52. The number of carbonyl (C=O) groups excluding carboxylic acids is 1. The highest BCUT2D eigenvalue weighted by Gasteiger charge is 2.06. The molecule has 0 unspecified atom stereocenters. The van der Waals surface area contributed by atoms with Crippen molar-refractivity contribution in [2.45, 2.75) is 18.2 Å². The second kappa shape index (κ2) is 6.43. The first-order valence-corrected chi connectivity index (χ1v) is 6.06. The molecule has 0 aliphatic rings. The van der Waals surface area contributed by atoms with Gasteiger partial charge in [-0.1, -0.05) is 6.92 Å². The van der Waals surface area contributed by atoms with Gasteiger partial charge >= 0.3 is 0 Å². The smallest absolute Gasteiger partial charge is 0.161 e. The van der Waals surface area contributed by atoms with Gasteiger partial charge in [-0.2, -0.15) is 0 Å². The Hall–Kier alpha value is -1.16. The number of benzene rings is 1. The van der Waals surface area contributed by atoms with Crippen LogP contribution in [0.3, 0.4) is 0 Å². The molecule has 3 nitrogen and oxygen atoms in total. The molecule has 0 aromatic heterocycles. The Bertz CT molecular complexity index is 363. The number of carbonyl (C=O) groups is 1. The fourth-order valence-electron chi connectivity index (χ4n) is 1.17. The molecule has 0 spiro atoms. The van der Waals surface area contributed by atoms with Gasteiger partial charge in [0.1, 0.15) is 5.78 Å². The van der Waals surface area contributed by atoms with Gasteiger partial charge in [-0.05, 0) is 18.2 Å². The minimum Gasteiger partial charge on any atom is -0.493 e. The van der Waals surface area contributed by atoms with E-state index in [2.05, 4.69) is 0 Å². The molecule has 0 radical (unpaired) electrons. The van der Waals surface area contributed by atoms with Gasteiger partial charge in [0.25, 0.3) is 0 Å². The molecule has 0 heterocycles. The highest BCUT2D eigenvalue weighted by molar-refractivity contribution is 8.00. The zero-order valence-corrected chi connectivity index (χ0v) is 10.6. The topological polar surface area (TPSA) is 35.5 Å². The molecule has 4 heteroatoms. The molecule has 0 fully saturated rings. The van der Waals surface area contributed by atoms with E-state index in [1.165, 1.54) is 11.8 Å². The number of methoxy groups -OCH3 is 2. The van der Waals surface area contributed by atoms with Crippen LogP contribution in [0.15, 0.2) is 23.1 Å². The number of Topliss-reactive ketones (excluding diaryl/α,β-unsaturated/α-hetero) is 1. The standard InChI is InChI=1S/C12H16O3S/c1-4-9(13)8-16-10-5-6-11(14-2)12(7-10)15-3/h5-7H,4,8H2,1-3H3. The Morgan fingerprint density at radius 2 is 1.94 bits per heavy atom. The molecule has 0 aliphatic heterocycles. The summed E-state index contributed by atoms with van der Waals surface area (Å²) in [5.41, 5.74) is 0. The predicted molar refractivity (Wildman–Crippen MR) is 65.6 cm³/mol. The Morgan fingerprint density at radius 3 is 2.50 bits per heavy atom. The number of hydrogen-bond acceptors (Lipinski definition) is 4. The zero-order valence-electron chi connectivity index (χ0n) is 9.78. The lowest BCUT2D eigenvalue weighted by Gasteiger charge is -2.08. The first kappa shape index (κ1) is 12.9. The van der Waals surface area contributed by atoms with Crippen molar-refractivity contribution < 1.29 is 14.3 Å². The van der Waals surface area contributed by atoms with Crippen molar-refractivity contribution in [3.8, 4) is 11.5 Å². The third-order valence-electron chi connectivity index (χ3n) is 2.15. The van der Waals surface area contributed by atoms with E-state index in [0.29, 0.717) is 23.7 Å². The predicted octanol–water partition coefficient (Wildman–Crippen LogP) is 2.78. The van der Waals surface area contributed by atoms with Crippen molar-refractivity contribution >= 4 is 17.5 Å². The van der Waals surface area contributed by atoms with E-state index in [1.54, 1.807) is 14.2 Å². The Labute approximate surface area is 100 Å². The summed E-state index contributed by atoms with van der Waals surface area (Å²) < 4.78 is 10.3. The lowest BCUT2D eigenvalue weighted by molar-refractivity contribution is -0.116. The molecule has 0 amide bonds. The van der Waals surface area contributed by atoms with Crippen LogP contribution in [0.5, 0.6) is 11.5 Å². The average Bonchev–Trinajstić information content (AvgIpc) is 2.35. The fourth-order valence-corrected chi connectivity index (χ4v) is 2.06. The summed E-state index contributed by atoms with van der Waals surface area (Å²) in [7, 11) is 3.20. The van der Waals surface area contributed by atoms with E-state index in [9.17, 15) is 4.79 Å². The molecule has 88 valence electrons. The zero-order chi connectivity index (χ0) is 12.0. The van der Waals surface area contributed by atoms with Crippen molar-refractivity contribution in [1.82, 2.24) is 0 Å². The summed E-state index contributed by atoms with van der Waals surface area (Å²) in [5.74, 6) is 2.15. The normalized spacial score (nSPS) is 9.94. The van der Waals surface area contributed by atoms with Gasteiger partial charge in [-0.3, -0.25) is 4.79 Å². The monoisotopic (exact) mass is 240 g/mol. The summed E-state index contributed by atoms with van der Waals surface area (Å²) in [5, 5.41) is 0. The molecule has 16 heavy (non-hydrogen) atoms. The van der Waals surface area contributed by atoms with Gasteiger partial charge in [0.05, 0.1) is 20.0 Å². The number of ether oxygens (including phenoxy) is 2. The van der Waals surface area contributed by atoms with Crippen LogP contribution in [0.1, 0.15) is 13.3 Å². The third-order valence-corrected chi connectivity index (χ3v) is 3.20. The van der Waals surface area contributed by atoms with Crippen molar-refractivity contribution in [2.24, 2.45) is 0 Å². The summed E-state index contributed by atoms with van der Waals surface area (Å²) in [6.07, 6.45) is 0.584. The van der Waals surface area contributed by atoms with Gasteiger partial charge in [0.2, 0.25) is 0 Å². The van der Waals surface area contributed by atoms with E-state index < -0.39 is 0 Å². The van der Waals surface area contributed by atoms with Gasteiger partial charge < -0.3 is 9.47 Å². The maximum Gasteiger partial charge on any atom is 0.161 e. The largest absolute Gasteiger partial charge is 0.493 e. The minimum atomic E-state index is 0.250. The Kier molecular flexibility index (Phi) is 5.19. The van der Waals surface area contributed by atoms with Crippen LogP contribution in [0.4, 0.5) is 0 Å². The highest BCUT2D eigenvalue weighted by Crippen LogP contribution is 2.31. The van der Waals surface area contributed by atoms with Crippen LogP contribution in [-0.4, -0.2) is 25.8 Å². The van der Waals surface area contributed by atoms with Crippen molar-refractivity contribution in [3.63, 3.8) is 0 Å². The highest BCUT2D eigenvalue weighted by atomic mass is 32.2. The van der Waals surface area contributed by atoms with Crippen LogP contribution < -0.4 is 9.47 Å². The number of rotatable bonds is 6. The minimum absolute atomic E-state index is 0.250. The van der Waals surface area contributed by atoms with Gasteiger partial charge in [-0.25, -0.2) is 0 Å². The van der Waals surface area contributed by atoms with Crippen LogP contribution >= 0.6 is 11.8 Å². The van der Waals surface area contributed by atoms with Crippen molar-refractivity contribution in [2.75, 3.05) is 20.0 Å². The van der Waals surface area contributed by atoms with Crippen LogP contribution in [0.2, 0.25) is 0 Å². The number of ketones is 1. The van der Waals surface area contributed by atoms with Crippen LogP contribution in [0.25, 0.3) is 0 Å². The molecule has 0 bridgehead atoms. The molecule has 0 saturated carbocycles. The molecule has 0 aliphatic carbocycles. The number of hydrogen-bond donors (Lipinski definition) is 0. The van der Waals surface area contributed by atoms with E-state index in [1.807, 2.05) is 25.1 Å². The SMILES string of the molecule is CCC(=O)CSc1ccc(OC)c(OC)c1. The van der Waals surface area contributed by atoms with Gasteiger partial charge in [0, 0.05) is 11.3 Å². The molecular weight excluding hydrogens is 224 g/mol. The summed E-state index contributed by atoms with van der Waals surface area (Å²) in [6, 6.07) is 5.65. The molecule has 0 N–H and O–H groups in total. The van der Waals surface area contributed by atoms with Crippen molar-refractivity contribution in [3.05, 3.63) is 18.2 Å². The number of thioether (sulfide) groups is 1. The summed E-state index contributed by atoms with van der Waals surface area (Å²) in [6.45, 7) is 1.87. The van der Waals surface area contributed by atoms with Gasteiger partial charge in [0.15, 0.2) is 11.5 Å². The maximum atomic E-state index is 11.2. The Balaban J connectivity index is 2.71. The third kappa shape index (κ3) is 3.45. The van der Waals surface area contributed by atoms with Crippen LogP contribution in [-0.2, 0) is 4.79 Å². The molecule has 0 saturated heterocycles. The second-order valence-corrected chi connectivity index (χ2v) is 4.25. The molecule has 1 aromatic carbocycles. The van der Waals surface area contributed by atoms with Crippen LogP contribution in [0, 0.1) is 0 Å². The first-order chi connectivity index (χ1) is 7.71. The van der Waals surface area contributed by atoms with E-state index in [-0.39, 0.29) is 5.78 Å². The second-order valence-electron chi connectivity index (χ2n) is 3.20.